The maximum Gasteiger partial charge on any atom is 0.0186 e. The third-order valence-corrected chi connectivity index (χ3v) is 2.34. The fourth-order valence-corrected chi connectivity index (χ4v) is 1.57. The van der Waals surface area contributed by atoms with Crippen LogP contribution in [0.2, 0.25) is 0 Å². The van der Waals surface area contributed by atoms with Crippen molar-refractivity contribution in [2.75, 3.05) is 0 Å². The average molecular weight is 110 g/mol. The van der Waals surface area contributed by atoms with E-state index < -0.39 is 0 Å². The van der Waals surface area contributed by atoms with Crippen LogP contribution < -0.4 is 5.32 Å². The Bertz CT molecular complexity index is 105. The standard InChI is InChI=1S/C7H12N/c1-6-2-3-7(8-6)4-5-7/h6,8H,1-5H2. The number of nitrogens with one attached hydrogen (secondary N) is 1. The number of hydrogen-bond donors (Lipinski definition) is 1. The van der Waals surface area contributed by atoms with Gasteiger partial charge in [-0.1, -0.05) is 0 Å². The Labute approximate surface area is 50.5 Å². The van der Waals surface area contributed by atoms with Crippen molar-refractivity contribution in [3.05, 3.63) is 6.92 Å². The molecule has 0 amide bonds. The Hall–Kier alpha value is -0.0400. The minimum absolute atomic E-state index is 0.553. The van der Waals surface area contributed by atoms with E-state index in [0.717, 1.165) is 0 Å². The highest BCUT2D eigenvalue weighted by atomic mass is 15.1. The van der Waals surface area contributed by atoms with Gasteiger partial charge in [-0.05, 0) is 32.6 Å². The van der Waals surface area contributed by atoms with Gasteiger partial charge < -0.3 is 5.32 Å². The molecule has 45 valence electrons. The Morgan fingerprint density at radius 2 is 2.12 bits per heavy atom. The fourth-order valence-electron chi connectivity index (χ4n) is 1.57. The Morgan fingerprint density at radius 3 is 2.38 bits per heavy atom. The van der Waals surface area contributed by atoms with E-state index in [9.17, 15) is 0 Å². The van der Waals surface area contributed by atoms with Crippen molar-refractivity contribution in [2.45, 2.75) is 37.3 Å². The number of hydrogen-bond acceptors (Lipinski definition) is 1. The van der Waals surface area contributed by atoms with Crippen LogP contribution in [-0.4, -0.2) is 11.6 Å². The summed E-state index contributed by atoms with van der Waals surface area (Å²) in [6.07, 6.45) is 5.47. The zero-order valence-electron chi connectivity index (χ0n) is 5.11. The molecular formula is C7H12N. The Balaban J connectivity index is 2.03. The second-order valence-electron chi connectivity index (χ2n) is 3.16. The summed E-state index contributed by atoms with van der Waals surface area (Å²) in [5, 5.41) is 3.49. The van der Waals surface area contributed by atoms with Gasteiger partial charge in [-0.15, -0.1) is 0 Å². The maximum atomic E-state index is 3.96. The predicted molar refractivity (Wildman–Crippen MR) is 33.5 cm³/mol. The highest BCUT2D eigenvalue weighted by Gasteiger charge is 2.46. The highest BCUT2D eigenvalue weighted by molar-refractivity contribution is 5.08. The molecule has 1 N–H and O–H groups in total. The smallest absolute Gasteiger partial charge is 0.0186 e. The first kappa shape index (κ1) is 4.80. The molecular weight excluding hydrogens is 98.1 g/mol. The van der Waals surface area contributed by atoms with Gasteiger partial charge in [0.15, 0.2) is 0 Å². The van der Waals surface area contributed by atoms with E-state index in [1.165, 1.54) is 25.7 Å². The predicted octanol–water partition coefficient (Wildman–Crippen LogP) is 1.11. The van der Waals surface area contributed by atoms with Crippen molar-refractivity contribution < 1.29 is 0 Å². The molecule has 1 heteroatoms. The summed E-state index contributed by atoms with van der Waals surface area (Å²) in [7, 11) is 0. The molecule has 2 rings (SSSR count). The molecule has 0 aromatic carbocycles. The Morgan fingerprint density at radius 1 is 1.38 bits per heavy atom. The van der Waals surface area contributed by atoms with Crippen LogP contribution in [0.25, 0.3) is 0 Å². The molecule has 1 heterocycles. The van der Waals surface area contributed by atoms with Crippen LogP contribution in [0.5, 0.6) is 0 Å². The largest absolute Gasteiger partial charge is 0.308 e. The molecule has 0 aromatic heterocycles. The molecule has 1 aliphatic heterocycles. The normalized spacial score (nSPS) is 40.9. The van der Waals surface area contributed by atoms with Gasteiger partial charge in [0.2, 0.25) is 0 Å². The topological polar surface area (TPSA) is 12.0 Å². The third kappa shape index (κ3) is 0.576. The lowest BCUT2D eigenvalue weighted by molar-refractivity contribution is 0.572. The van der Waals surface area contributed by atoms with Crippen LogP contribution in [0.3, 0.4) is 0 Å². The molecule has 1 saturated heterocycles. The van der Waals surface area contributed by atoms with E-state index in [2.05, 4.69) is 12.2 Å². The fraction of sp³-hybridized carbons (Fsp3) is 0.857. The van der Waals surface area contributed by atoms with E-state index in [1.807, 2.05) is 0 Å². The molecule has 1 spiro atoms. The molecule has 1 unspecified atom stereocenters. The third-order valence-electron chi connectivity index (χ3n) is 2.34. The summed E-state index contributed by atoms with van der Waals surface area (Å²) in [5.41, 5.74) is 0.604. The first-order valence-corrected chi connectivity index (χ1v) is 3.42. The van der Waals surface area contributed by atoms with Gasteiger partial charge in [0.1, 0.15) is 0 Å². The summed E-state index contributed by atoms with van der Waals surface area (Å²) in [6, 6.07) is 0.553. The van der Waals surface area contributed by atoms with Crippen molar-refractivity contribution >= 4 is 0 Å². The molecule has 2 fully saturated rings. The van der Waals surface area contributed by atoms with Gasteiger partial charge in [-0.25, -0.2) is 0 Å². The SMILES string of the molecule is [CH2]C1CCC2(CC2)N1. The highest BCUT2D eigenvalue weighted by Crippen LogP contribution is 2.44. The first-order valence-electron chi connectivity index (χ1n) is 3.42. The van der Waals surface area contributed by atoms with Gasteiger partial charge in [0.05, 0.1) is 0 Å². The van der Waals surface area contributed by atoms with Crippen LogP contribution >= 0.6 is 0 Å². The van der Waals surface area contributed by atoms with E-state index in [0.29, 0.717) is 11.6 Å². The Kier molecular flexibility index (Phi) is 0.762. The molecule has 1 atom stereocenters. The van der Waals surface area contributed by atoms with Crippen LogP contribution in [0.15, 0.2) is 0 Å². The molecule has 1 saturated carbocycles. The molecule has 1 radical (unpaired) electrons. The van der Waals surface area contributed by atoms with Crippen molar-refractivity contribution in [3.63, 3.8) is 0 Å². The molecule has 0 bridgehead atoms. The summed E-state index contributed by atoms with van der Waals surface area (Å²) in [5.74, 6) is 0. The van der Waals surface area contributed by atoms with Gasteiger partial charge in [-0.2, -0.15) is 0 Å². The zero-order valence-corrected chi connectivity index (χ0v) is 5.11. The van der Waals surface area contributed by atoms with Crippen molar-refractivity contribution in [3.8, 4) is 0 Å². The van der Waals surface area contributed by atoms with E-state index in [-0.39, 0.29) is 0 Å². The summed E-state index contributed by atoms with van der Waals surface area (Å²) >= 11 is 0. The van der Waals surface area contributed by atoms with E-state index in [4.69, 9.17) is 0 Å². The lowest BCUT2D eigenvalue weighted by Gasteiger charge is -2.05. The van der Waals surface area contributed by atoms with E-state index >= 15 is 0 Å². The van der Waals surface area contributed by atoms with Crippen molar-refractivity contribution in [2.24, 2.45) is 0 Å². The van der Waals surface area contributed by atoms with E-state index in [1.54, 1.807) is 0 Å². The van der Waals surface area contributed by atoms with Crippen LogP contribution in [0.4, 0.5) is 0 Å². The summed E-state index contributed by atoms with van der Waals surface area (Å²) < 4.78 is 0. The van der Waals surface area contributed by atoms with Gasteiger partial charge in [0.25, 0.3) is 0 Å². The lowest BCUT2D eigenvalue weighted by atomic mass is 10.2. The molecule has 1 nitrogen and oxygen atoms in total. The summed E-state index contributed by atoms with van der Waals surface area (Å²) in [6.45, 7) is 3.96. The lowest BCUT2D eigenvalue weighted by Crippen LogP contribution is -2.28. The second kappa shape index (κ2) is 1.27. The number of rotatable bonds is 0. The van der Waals surface area contributed by atoms with Gasteiger partial charge in [-0.3, -0.25) is 0 Å². The zero-order chi connectivity index (χ0) is 5.61. The molecule has 0 aromatic rings. The molecule has 2 aliphatic rings. The maximum absolute atomic E-state index is 3.96. The monoisotopic (exact) mass is 110 g/mol. The minimum Gasteiger partial charge on any atom is -0.308 e. The van der Waals surface area contributed by atoms with Crippen LogP contribution in [0, 0.1) is 6.92 Å². The van der Waals surface area contributed by atoms with Crippen molar-refractivity contribution in [1.82, 2.24) is 5.32 Å². The first-order chi connectivity index (χ1) is 3.81. The van der Waals surface area contributed by atoms with Gasteiger partial charge in [0, 0.05) is 11.6 Å². The van der Waals surface area contributed by atoms with Crippen molar-refractivity contribution in [1.29, 1.82) is 0 Å². The van der Waals surface area contributed by atoms with Gasteiger partial charge >= 0.3 is 0 Å². The average Bonchev–Trinajstić information content (AvgIpc) is 2.34. The summed E-state index contributed by atoms with van der Waals surface area (Å²) in [4.78, 5) is 0. The molecule has 8 heavy (non-hydrogen) atoms. The quantitative estimate of drug-likeness (QED) is 0.492. The minimum atomic E-state index is 0.553. The molecule has 1 aliphatic carbocycles. The second-order valence-corrected chi connectivity index (χ2v) is 3.16. The van der Waals surface area contributed by atoms with Crippen LogP contribution in [0.1, 0.15) is 25.7 Å². The van der Waals surface area contributed by atoms with Crippen LogP contribution in [-0.2, 0) is 0 Å².